The van der Waals surface area contributed by atoms with Crippen LogP contribution in [0.15, 0.2) is 48.5 Å². The standard InChI is InChI=1S/C17H18Cl2O/c18-13-15-12-16(19)9-10-17(15)20-11-5-4-8-14-6-2-1-3-7-14/h1-3,6-7,9-10,12H,4-5,8,11,13H2. The van der Waals surface area contributed by atoms with Crippen molar-refractivity contribution in [2.45, 2.75) is 25.1 Å². The number of benzene rings is 2. The molecule has 0 saturated heterocycles. The monoisotopic (exact) mass is 308 g/mol. The van der Waals surface area contributed by atoms with Crippen molar-refractivity contribution >= 4 is 23.2 Å². The Hall–Kier alpha value is -1.18. The van der Waals surface area contributed by atoms with E-state index in [-0.39, 0.29) is 0 Å². The second-order valence-electron chi connectivity index (χ2n) is 4.68. The molecular formula is C17H18Cl2O. The minimum atomic E-state index is 0.417. The summed E-state index contributed by atoms with van der Waals surface area (Å²) in [5.74, 6) is 1.25. The Balaban J connectivity index is 1.73. The largest absolute Gasteiger partial charge is 0.493 e. The maximum atomic E-state index is 5.93. The third-order valence-corrected chi connectivity index (χ3v) is 3.65. The van der Waals surface area contributed by atoms with Crippen LogP contribution >= 0.6 is 23.2 Å². The van der Waals surface area contributed by atoms with Crippen LogP contribution in [-0.2, 0) is 12.3 Å². The van der Waals surface area contributed by atoms with Gasteiger partial charge in [0.25, 0.3) is 0 Å². The predicted molar refractivity (Wildman–Crippen MR) is 85.9 cm³/mol. The summed E-state index contributed by atoms with van der Waals surface area (Å²) < 4.78 is 5.78. The highest BCUT2D eigenvalue weighted by atomic mass is 35.5. The molecule has 20 heavy (non-hydrogen) atoms. The fourth-order valence-electron chi connectivity index (χ4n) is 2.05. The Labute approximate surface area is 130 Å². The van der Waals surface area contributed by atoms with Crippen molar-refractivity contribution in [3.63, 3.8) is 0 Å². The van der Waals surface area contributed by atoms with E-state index in [0.29, 0.717) is 17.5 Å². The normalized spacial score (nSPS) is 10.5. The molecule has 0 unspecified atom stereocenters. The van der Waals surface area contributed by atoms with Crippen molar-refractivity contribution in [1.29, 1.82) is 0 Å². The van der Waals surface area contributed by atoms with E-state index in [1.807, 2.05) is 24.3 Å². The zero-order valence-electron chi connectivity index (χ0n) is 11.3. The smallest absolute Gasteiger partial charge is 0.123 e. The molecule has 0 aliphatic heterocycles. The lowest BCUT2D eigenvalue weighted by molar-refractivity contribution is 0.305. The Morgan fingerprint density at radius 2 is 1.75 bits per heavy atom. The second-order valence-corrected chi connectivity index (χ2v) is 5.38. The molecule has 0 radical (unpaired) electrons. The number of hydrogen-bond donors (Lipinski definition) is 0. The van der Waals surface area contributed by atoms with Gasteiger partial charge in [0.2, 0.25) is 0 Å². The molecule has 0 bridgehead atoms. The molecule has 2 aromatic rings. The number of ether oxygens (including phenoxy) is 1. The van der Waals surface area contributed by atoms with Gasteiger partial charge in [-0.1, -0.05) is 41.9 Å². The first kappa shape index (κ1) is 15.2. The quantitative estimate of drug-likeness (QED) is 0.486. The number of hydrogen-bond acceptors (Lipinski definition) is 1. The van der Waals surface area contributed by atoms with Crippen LogP contribution in [0.5, 0.6) is 5.75 Å². The van der Waals surface area contributed by atoms with E-state index in [1.165, 1.54) is 5.56 Å². The molecule has 0 heterocycles. The summed E-state index contributed by atoms with van der Waals surface area (Å²) in [4.78, 5) is 0. The van der Waals surface area contributed by atoms with Crippen LogP contribution in [0.3, 0.4) is 0 Å². The lowest BCUT2D eigenvalue weighted by Gasteiger charge is -2.10. The molecule has 2 aromatic carbocycles. The van der Waals surface area contributed by atoms with E-state index in [2.05, 4.69) is 24.3 Å². The van der Waals surface area contributed by atoms with E-state index in [1.54, 1.807) is 0 Å². The van der Waals surface area contributed by atoms with Crippen LogP contribution in [0, 0.1) is 0 Å². The number of alkyl halides is 1. The van der Waals surface area contributed by atoms with Gasteiger partial charge in [0.15, 0.2) is 0 Å². The van der Waals surface area contributed by atoms with Crippen LogP contribution in [0.4, 0.5) is 0 Å². The minimum absolute atomic E-state index is 0.417. The zero-order valence-corrected chi connectivity index (χ0v) is 12.8. The average Bonchev–Trinajstić information content (AvgIpc) is 2.49. The van der Waals surface area contributed by atoms with Gasteiger partial charge in [-0.3, -0.25) is 0 Å². The molecule has 3 heteroatoms. The summed E-state index contributed by atoms with van der Waals surface area (Å²) in [7, 11) is 0. The molecule has 0 atom stereocenters. The number of halogens is 2. The molecule has 0 N–H and O–H groups in total. The van der Waals surface area contributed by atoms with Gasteiger partial charge in [-0.25, -0.2) is 0 Å². The van der Waals surface area contributed by atoms with E-state index >= 15 is 0 Å². The zero-order chi connectivity index (χ0) is 14.2. The van der Waals surface area contributed by atoms with Crippen LogP contribution in [0.1, 0.15) is 24.0 Å². The Morgan fingerprint density at radius 1 is 0.950 bits per heavy atom. The minimum Gasteiger partial charge on any atom is -0.493 e. The van der Waals surface area contributed by atoms with Gasteiger partial charge in [0, 0.05) is 10.6 Å². The molecular weight excluding hydrogens is 291 g/mol. The van der Waals surface area contributed by atoms with Gasteiger partial charge in [0.05, 0.1) is 12.5 Å². The predicted octanol–water partition coefficient (Wildman–Crippen LogP) is 5.48. The van der Waals surface area contributed by atoms with Gasteiger partial charge in [0.1, 0.15) is 5.75 Å². The summed E-state index contributed by atoms with van der Waals surface area (Å²) in [5, 5.41) is 0.692. The van der Waals surface area contributed by atoms with Gasteiger partial charge in [-0.2, -0.15) is 0 Å². The van der Waals surface area contributed by atoms with Crippen molar-refractivity contribution < 1.29 is 4.74 Å². The fraction of sp³-hybridized carbons (Fsp3) is 0.294. The van der Waals surface area contributed by atoms with Crippen molar-refractivity contribution in [3.8, 4) is 5.75 Å². The van der Waals surface area contributed by atoms with Gasteiger partial charge < -0.3 is 4.74 Å². The van der Waals surface area contributed by atoms with Crippen LogP contribution < -0.4 is 4.74 Å². The molecule has 0 spiro atoms. The lowest BCUT2D eigenvalue weighted by atomic mass is 10.1. The summed E-state index contributed by atoms with van der Waals surface area (Å²) in [6, 6.07) is 16.1. The third kappa shape index (κ3) is 4.73. The first-order valence-corrected chi connectivity index (χ1v) is 7.72. The highest BCUT2D eigenvalue weighted by Crippen LogP contribution is 2.24. The Bertz CT molecular complexity index is 526. The maximum absolute atomic E-state index is 5.93. The second kappa shape index (κ2) is 8.18. The van der Waals surface area contributed by atoms with Gasteiger partial charge in [-0.15, -0.1) is 11.6 Å². The molecule has 2 rings (SSSR count). The number of rotatable bonds is 7. The van der Waals surface area contributed by atoms with E-state index < -0.39 is 0 Å². The molecule has 0 saturated carbocycles. The van der Waals surface area contributed by atoms with Crippen molar-refractivity contribution in [1.82, 2.24) is 0 Å². The lowest BCUT2D eigenvalue weighted by Crippen LogP contribution is -2.00. The summed E-state index contributed by atoms with van der Waals surface area (Å²) in [6.45, 7) is 0.707. The average molecular weight is 309 g/mol. The first-order valence-electron chi connectivity index (χ1n) is 6.80. The fourth-order valence-corrected chi connectivity index (χ4v) is 2.45. The van der Waals surface area contributed by atoms with Gasteiger partial charge >= 0.3 is 0 Å². The Morgan fingerprint density at radius 3 is 2.50 bits per heavy atom. The highest BCUT2D eigenvalue weighted by molar-refractivity contribution is 6.30. The molecule has 106 valence electrons. The van der Waals surface area contributed by atoms with E-state index in [4.69, 9.17) is 27.9 Å². The number of aryl methyl sites for hydroxylation is 1. The van der Waals surface area contributed by atoms with E-state index in [0.717, 1.165) is 30.6 Å². The van der Waals surface area contributed by atoms with Crippen LogP contribution in [0.25, 0.3) is 0 Å². The molecule has 1 nitrogen and oxygen atoms in total. The SMILES string of the molecule is ClCc1cc(Cl)ccc1OCCCCc1ccccc1. The third-order valence-electron chi connectivity index (χ3n) is 3.13. The van der Waals surface area contributed by atoms with Gasteiger partial charge in [-0.05, 0) is 43.0 Å². The van der Waals surface area contributed by atoms with Crippen molar-refractivity contribution in [3.05, 3.63) is 64.7 Å². The van der Waals surface area contributed by atoms with Crippen LogP contribution in [0.2, 0.25) is 5.02 Å². The van der Waals surface area contributed by atoms with Crippen LogP contribution in [-0.4, -0.2) is 6.61 Å². The molecule has 0 aliphatic carbocycles. The van der Waals surface area contributed by atoms with Crippen molar-refractivity contribution in [2.24, 2.45) is 0 Å². The number of unbranched alkanes of at least 4 members (excludes halogenated alkanes) is 1. The summed E-state index contributed by atoms with van der Waals surface area (Å²) in [6.07, 6.45) is 3.24. The topological polar surface area (TPSA) is 9.23 Å². The van der Waals surface area contributed by atoms with E-state index in [9.17, 15) is 0 Å². The van der Waals surface area contributed by atoms with Crippen molar-refractivity contribution in [2.75, 3.05) is 6.61 Å². The molecule has 0 aliphatic rings. The highest BCUT2D eigenvalue weighted by Gasteiger charge is 2.03. The summed E-state index contributed by atoms with van der Waals surface area (Å²) >= 11 is 11.8. The first-order chi connectivity index (χ1) is 9.79. The molecule has 0 amide bonds. The molecule has 0 fully saturated rings. The Kier molecular flexibility index (Phi) is 6.23. The summed E-state index contributed by atoms with van der Waals surface area (Å²) in [5.41, 5.74) is 2.32. The maximum Gasteiger partial charge on any atom is 0.123 e. The molecule has 0 aromatic heterocycles.